The van der Waals surface area contributed by atoms with Crippen molar-refractivity contribution < 1.29 is 23.8 Å². The molecule has 0 spiro atoms. The number of carbonyl (C=O) groups is 2. The third-order valence-electron chi connectivity index (χ3n) is 1.55. The molecule has 6 nitrogen and oxygen atoms in total. The summed E-state index contributed by atoms with van der Waals surface area (Å²) in [6.45, 7) is -0.0701. The highest BCUT2D eigenvalue weighted by Crippen LogP contribution is 2.12. The summed E-state index contributed by atoms with van der Waals surface area (Å²) in [5.74, 6) is -1.38. The van der Waals surface area contributed by atoms with Gasteiger partial charge in [-0.2, -0.15) is 0 Å². The van der Waals surface area contributed by atoms with Gasteiger partial charge in [0, 0.05) is 6.54 Å². The summed E-state index contributed by atoms with van der Waals surface area (Å²) in [6.07, 6.45) is 0. The summed E-state index contributed by atoms with van der Waals surface area (Å²) in [7, 11) is 0. The van der Waals surface area contributed by atoms with Crippen LogP contribution in [0.25, 0.3) is 0 Å². The molecule has 1 amide bonds. The normalized spacial score (nSPS) is 10.1. The van der Waals surface area contributed by atoms with Crippen LogP contribution < -0.4 is 5.32 Å². The number of hydrogen-bond acceptors (Lipinski definition) is 4. The summed E-state index contributed by atoms with van der Waals surface area (Å²) < 4.78 is 9.57. The third kappa shape index (κ3) is 4.33. The summed E-state index contributed by atoms with van der Waals surface area (Å²) in [5, 5.41) is 10.9. The van der Waals surface area contributed by atoms with Crippen LogP contribution in [-0.2, 0) is 9.53 Å². The molecule has 0 aliphatic carbocycles. The Kier molecular flexibility index (Phi) is 4.81. The van der Waals surface area contributed by atoms with Gasteiger partial charge in [-0.15, -0.1) is 0 Å². The highest BCUT2D eigenvalue weighted by Gasteiger charge is 2.09. The topological polar surface area (TPSA) is 88.8 Å². The predicted octanol–water partition coefficient (Wildman–Crippen LogP) is 0.764. The third-order valence-corrected chi connectivity index (χ3v) is 1.76. The fourth-order valence-corrected chi connectivity index (χ4v) is 1.07. The number of rotatable bonds is 6. The van der Waals surface area contributed by atoms with Crippen LogP contribution >= 0.6 is 11.6 Å². The summed E-state index contributed by atoms with van der Waals surface area (Å²) in [5.41, 5.74) is 0. The standard InChI is InChI=1S/C9H10ClNO5/c10-7-2-1-6(16-7)9(14)11-3-4-15-5-8(12)13/h1-2H,3-5H2,(H,11,14)(H,12,13). The number of amides is 1. The maximum atomic E-state index is 11.3. The van der Waals surface area contributed by atoms with Crippen molar-refractivity contribution in [2.75, 3.05) is 19.8 Å². The van der Waals surface area contributed by atoms with Crippen molar-refractivity contribution in [2.24, 2.45) is 0 Å². The largest absolute Gasteiger partial charge is 0.480 e. The van der Waals surface area contributed by atoms with Crippen LogP contribution in [-0.4, -0.2) is 36.7 Å². The number of ether oxygens (including phenoxy) is 1. The molecular formula is C9H10ClNO5. The van der Waals surface area contributed by atoms with E-state index in [1.54, 1.807) is 0 Å². The first kappa shape index (κ1) is 12.5. The molecule has 0 aliphatic rings. The molecule has 1 aromatic heterocycles. The first-order chi connectivity index (χ1) is 7.59. The van der Waals surface area contributed by atoms with E-state index >= 15 is 0 Å². The highest BCUT2D eigenvalue weighted by atomic mass is 35.5. The van der Waals surface area contributed by atoms with Crippen molar-refractivity contribution in [1.82, 2.24) is 5.32 Å². The highest BCUT2D eigenvalue weighted by molar-refractivity contribution is 6.29. The molecule has 2 N–H and O–H groups in total. The van der Waals surface area contributed by atoms with Crippen molar-refractivity contribution >= 4 is 23.5 Å². The van der Waals surface area contributed by atoms with Crippen LogP contribution in [0, 0.1) is 0 Å². The molecule has 0 unspecified atom stereocenters. The van der Waals surface area contributed by atoms with Crippen molar-refractivity contribution in [3.63, 3.8) is 0 Å². The summed E-state index contributed by atoms with van der Waals surface area (Å²) >= 11 is 5.49. The maximum Gasteiger partial charge on any atom is 0.329 e. The number of nitrogens with one attached hydrogen (secondary N) is 1. The van der Waals surface area contributed by atoms with Gasteiger partial charge >= 0.3 is 5.97 Å². The van der Waals surface area contributed by atoms with E-state index in [1.165, 1.54) is 12.1 Å². The minimum absolute atomic E-state index is 0.100. The molecule has 0 radical (unpaired) electrons. The van der Waals surface area contributed by atoms with Gasteiger partial charge in [0.1, 0.15) is 6.61 Å². The van der Waals surface area contributed by atoms with E-state index in [-0.39, 0.29) is 30.7 Å². The number of carboxylic acids is 1. The predicted molar refractivity (Wildman–Crippen MR) is 54.5 cm³/mol. The lowest BCUT2D eigenvalue weighted by Gasteiger charge is -2.02. The lowest BCUT2D eigenvalue weighted by atomic mass is 10.4. The summed E-state index contributed by atoms with van der Waals surface area (Å²) in [6, 6.07) is 2.90. The second kappa shape index (κ2) is 6.14. The van der Waals surface area contributed by atoms with Gasteiger partial charge in [-0.3, -0.25) is 4.79 Å². The van der Waals surface area contributed by atoms with Gasteiger partial charge in [0.15, 0.2) is 11.0 Å². The minimum atomic E-state index is -1.05. The monoisotopic (exact) mass is 247 g/mol. The molecule has 1 heterocycles. The zero-order valence-corrected chi connectivity index (χ0v) is 8.99. The van der Waals surface area contributed by atoms with Crippen LogP contribution in [0.5, 0.6) is 0 Å². The Morgan fingerprint density at radius 2 is 2.25 bits per heavy atom. The van der Waals surface area contributed by atoms with Crippen molar-refractivity contribution in [1.29, 1.82) is 0 Å². The Bertz CT molecular complexity index is 376. The van der Waals surface area contributed by atoms with E-state index in [9.17, 15) is 9.59 Å². The zero-order chi connectivity index (χ0) is 12.0. The SMILES string of the molecule is O=C(O)COCCNC(=O)c1ccc(Cl)o1. The molecule has 0 aromatic carbocycles. The lowest BCUT2D eigenvalue weighted by molar-refractivity contribution is -0.142. The Labute approximate surface area is 96.1 Å². The second-order valence-corrected chi connectivity index (χ2v) is 3.18. The van der Waals surface area contributed by atoms with Crippen LogP contribution in [0.4, 0.5) is 0 Å². The Balaban J connectivity index is 2.18. The molecule has 16 heavy (non-hydrogen) atoms. The van der Waals surface area contributed by atoms with Crippen LogP contribution in [0.2, 0.25) is 5.22 Å². The van der Waals surface area contributed by atoms with E-state index < -0.39 is 11.9 Å². The molecule has 0 fully saturated rings. The second-order valence-electron chi connectivity index (χ2n) is 2.81. The summed E-state index contributed by atoms with van der Waals surface area (Å²) in [4.78, 5) is 21.4. The average Bonchev–Trinajstić information content (AvgIpc) is 2.63. The molecule has 0 atom stereocenters. The molecular weight excluding hydrogens is 238 g/mol. The van der Waals surface area contributed by atoms with Gasteiger partial charge in [-0.25, -0.2) is 4.79 Å². The molecule has 1 aromatic rings. The quantitative estimate of drug-likeness (QED) is 0.725. The van der Waals surface area contributed by atoms with Gasteiger partial charge < -0.3 is 19.6 Å². The fourth-order valence-electron chi connectivity index (χ4n) is 0.920. The fraction of sp³-hybridized carbons (Fsp3) is 0.333. The van der Waals surface area contributed by atoms with Gasteiger partial charge in [-0.1, -0.05) is 0 Å². The van der Waals surface area contributed by atoms with Crippen molar-refractivity contribution in [3.05, 3.63) is 23.1 Å². The van der Waals surface area contributed by atoms with Crippen molar-refractivity contribution in [2.45, 2.75) is 0 Å². The zero-order valence-electron chi connectivity index (χ0n) is 8.23. The smallest absolute Gasteiger partial charge is 0.329 e. The van der Waals surface area contributed by atoms with E-state index in [1.807, 2.05) is 0 Å². The number of carbonyl (C=O) groups excluding carboxylic acids is 1. The molecule has 0 aliphatic heterocycles. The van der Waals surface area contributed by atoms with E-state index in [2.05, 4.69) is 5.32 Å². The lowest BCUT2D eigenvalue weighted by Crippen LogP contribution is -2.27. The van der Waals surface area contributed by atoms with Crippen LogP contribution in [0.15, 0.2) is 16.5 Å². The average molecular weight is 248 g/mol. The Morgan fingerprint density at radius 1 is 1.50 bits per heavy atom. The first-order valence-corrected chi connectivity index (χ1v) is 4.80. The van der Waals surface area contributed by atoms with Gasteiger partial charge in [-0.05, 0) is 23.7 Å². The molecule has 0 saturated carbocycles. The molecule has 7 heteroatoms. The van der Waals surface area contributed by atoms with E-state index in [0.29, 0.717) is 0 Å². The minimum Gasteiger partial charge on any atom is -0.480 e. The van der Waals surface area contributed by atoms with Gasteiger partial charge in [0.2, 0.25) is 0 Å². The van der Waals surface area contributed by atoms with E-state index in [4.69, 9.17) is 25.9 Å². The van der Waals surface area contributed by atoms with E-state index in [0.717, 1.165) is 0 Å². The molecule has 0 bridgehead atoms. The van der Waals surface area contributed by atoms with Crippen molar-refractivity contribution in [3.8, 4) is 0 Å². The number of hydrogen-bond donors (Lipinski definition) is 2. The molecule has 0 saturated heterocycles. The van der Waals surface area contributed by atoms with Crippen LogP contribution in [0.1, 0.15) is 10.6 Å². The maximum absolute atomic E-state index is 11.3. The van der Waals surface area contributed by atoms with Gasteiger partial charge in [0.25, 0.3) is 5.91 Å². The Morgan fingerprint density at radius 3 is 2.81 bits per heavy atom. The first-order valence-electron chi connectivity index (χ1n) is 4.42. The molecule has 1 rings (SSSR count). The van der Waals surface area contributed by atoms with Gasteiger partial charge in [0.05, 0.1) is 6.61 Å². The molecule has 88 valence electrons. The number of halogens is 1. The number of furan rings is 1. The van der Waals surface area contributed by atoms with Crippen LogP contribution in [0.3, 0.4) is 0 Å². The number of carboxylic acid groups (broad SMARTS) is 1. The Hall–Kier alpha value is -1.53. The number of aliphatic carboxylic acids is 1.